The maximum atomic E-state index is 13.3. The molecule has 1 aliphatic heterocycles. The molecule has 2 aliphatic rings. The summed E-state index contributed by atoms with van der Waals surface area (Å²) < 4.78 is 98.8. The Hall–Kier alpha value is -3.34. The van der Waals surface area contributed by atoms with Crippen LogP contribution in [0.3, 0.4) is 0 Å². The number of carbonyl (C=O) groups is 2. The van der Waals surface area contributed by atoms with E-state index in [1.807, 2.05) is 21.6 Å². The van der Waals surface area contributed by atoms with Gasteiger partial charge in [-0.25, -0.2) is 4.79 Å². The van der Waals surface area contributed by atoms with Gasteiger partial charge in [0.15, 0.2) is 5.43 Å². The molecule has 30 heteroatoms. The number of carboxylic acids is 1. The molecule has 0 saturated carbocycles. The zero-order valence-electron chi connectivity index (χ0n) is 46.5. The average Bonchev–Trinajstić information content (AvgIpc) is 3.37. The zero-order chi connectivity index (χ0) is 60.2. The number of phosphoric acid groups is 3. The summed E-state index contributed by atoms with van der Waals surface area (Å²) in [7, 11) is -10.3. The Morgan fingerprint density at radius 3 is 1.71 bits per heavy atom. The van der Waals surface area contributed by atoms with E-state index in [-0.39, 0.29) is 138 Å². The van der Waals surface area contributed by atoms with Crippen LogP contribution in [0.15, 0.2) is 63.8 Å². The van der Waals surface area contributed by atoms with Crippen LogP contribution in [0.4, 0.5) is 0 Å². The second kappa shape index (κ2) is 40.9. The van der Waals surface area contributed by atoms with E-state index < -0.39 is 54.5 Å². The Kier molecular flexibility index (Phi) is 35.6. The van der Waals surface area contributed by atoms with Gasteiger partial charge in [-0.2, -0.15) is 0 Å². The molecular weight excluding hydrogens is 1190 g/mol. The molecule has 468 valence electrons. The predicted molar refractivity (Wildman–Crippen MR) is 303 cm³/mol. The van der Waals surface area contributed by atoms with Crippen molar-refractivity contribution in [2.24, 2.45) is 5.92 Å². The molecule has 0 saturated heterocycles. The van der Waals surface area contributed by atoms with E-state index in [4.69, 9.17) is 55.8 Å². The molecule has 2 aromatic carbocycles. The van der Waals surface area contributed by atoms with Gasteiger partial charge in [0.05, 0.1) is 111 Å². The number of aromatic carboxylic acids is 1. The normalized spacial score (nSPS) is 14.4. The zero-order valence-corrected chi connectivity index (χ0v) is 50.8. The van der Waals surface area contributed by atoms with Crippen molar-refractivity contribution in [2.75, 3.05) is 130 Å². The number of hydrogen-bond acceptors (Lipinski definition) is 25. The molecule has 25 nitrogen and oxygen atoms in total. The van der Waals surface area contributed by atoms with Crippen molar-refractivity contribution in [1.29, 1.82) is 0 Å². The molecule has 0 radical (unpaired) electrons. The number of amides is 1. The Labute approximate surface area is 491 Å². The van der Waals surface area contributed by atoms with Crippen molar-refractivity contribution < 1.29 is 109 Å². The third-order valence-electron chi connectivity index (χ3n) is 11.8. The molecule has 0 fully saturated rings. The van der Waals surface area contributed by atoms with E-state index >= 15 is 0 Å². The quantitative estimate of drug-likeness (QED) is 0.0182. The summed E-state index contributed by atoms with van der Waals surface area (Å²) in [4.78, 5) is 74.7. The summed E-state index contributed by atoms with van der Waals surface area (Å²) in [6.07, 6.45) is 7.43. The highest BCUT2D eigenvalue weighted by Gasteiger charge is 2.24. The molecule has 1 aliphatic carbocycles. The summed E-state index contributed by atoms with van der Waals surface area (Å²) in [6.45, 7) is 2.01. The van der Waals surface area contributed by atoms with E-state index in [2.05, 4.69) is 9.84 Å². The van der Waals surface area contributed by atoms with E-state index in [0.29, 0.717) is 49.0 Å². The molecule has 4 rings (SSSR count). The molecule has 1 heterocycles. The minimum atomic E-state index is -4.88. The van der Waals surface area contributed by atoms with Gasteiger partial charge in [0, 0.05) is 58.7 Å². The fourth-order valence-corrected chi connectivity index (χ4v) is 12.3. The van der Waals surface area contributed by atoms with Crippen LogP contribution in [0.25, 0.3) is 33.4 Å². The lowest BCUT2D eigenvalue weighted by Crippen LogP contribution is -2.25. The van der Waals surface area contributed by atoms with Gasteiger partial charge in [-0.15, -0.1) is 5.75 Å². The molecule has 3 N–H and O–H groups in total. The highest BCUT2D eigenvalue weighted by Crippen LogP contribution is 2.44. The Morgan fingerprint density at radius 2 is 1.13 bits per heavy atom. The van der Waals surface area contributed by atoms with Crippen molar-refractivity contribution in [3.05, 3.63) is 75.9 Å². The number of hydrogen-bond donors (Lipinski definition) is 3. The number of unbranched alkanes of at least 4 members (excludes halogenated alkanes) is 6. The van der Waals surface area contributed by atoms with E-state index in [9.17, 15) is 53.0 Å². The van der Waals surface area contributed by atoms with Crippen LogP contribution in [0, 0.1) is 5.92 Å². The van der Waals surface area contributed by atoms with Crippen LogP contribution in [0.2, 0.25) is 0 Å². The smallest absolute Gasteiger partial charge is 0.336 e. The van der Waals surface area contributed by atoms with Crippen molar-refractivity contribution in [3.63, 3.8) is 0 Å². The minimum Gasteiger partial charge on any atom is -0.872 e. The van der Waals surface area contributed by atoms with Crippen LogP contribution in [-0.2, 0) is 64.5 Å². The topological polar surface area (TPSA) is 362 Å². The Bertz CT molecular complexity index is 2690. The first-order chi connectivity index (χ1) is 39.9. The van der Waals surface area contributed by atoms with Gasteiger partial charge in [0.25, 0.3) is 29.4 Å². The molecule has 4 atom stereocenters. The molecule has 83 heavy (non-hydrogen) atoms. The van der Waals surface area contributed by atoms with E-state index in [0.717, 1.165) is 50.0 Å². The SMILES string of the molecule is CCOP(=O)([O-])OCC(CCCCNC(=O)c1ccc(-c2c3ccc(=O)cc-3oc3cc([O-])ccc23)c(C(=O)O)c1)COP(=O)([O-])OCCOCCOCCOCCOCCOCCOP(=O)([O-])OCCCCCCSSCCCCCO. The molecule has 0 spiro atoms. The first kappa shape index (κ1) is 72.1. The van der Waals surface area contributed by atoms with Crippen LogP contribution in [0.1, 0.15) is 91.8 Å². The van der Waals surface area contributed by atoms with Crippen molar-refractivity contribution in [3.8, 4) is 28.2 Å². The average molecular weight is 1270 g/mol. The highest BCUT2D eigenvalue weighted by atomic mass is 33.1. The number of aliphatic hydroxyl groups excluding tert-OH is 1. The standard InChI is InChI=1S/C53H80NO24P3S2/c1-2-72-79(61,62)76-39-41(12-6-7-19-54-52(58)42-13-16-45(48(36-42)53(59)60)51-46-17-14-43(56)37-49(46)78-50-38-44(57)15-18-47(50)51)40-77-81(65,66)75-33-31-71-29-27-69-25-23-67-22-24-68-26-28-70-30-32-74-80(63,64)73-21-9-3-4-10-34-82-83-35-11-5-8-20-55/h13-18,36-38,41,55-56H,2-12,19-35,39-40H2,1H3,(H,54,58)(H,59,60)(H,61,62)(H,63,64)(H,65,66)/p-4. The first-order valence-electron chi connectivity index (χ1n) is 27.3. The number of rotatable bonds is 50. The maximum Gasteiger partial charge on any atom is 0.336 e. The molecular formula is C53H76NO24P3S2-4. The number of aliphatic hydroxyl groups is 1. The van der Waals surface area contributed by atoms with Gasteiger partial charge >= 0.3 is 5.97 Å². The number of fused-ring (bicyclic) bond motifs is 2. The molecule has 0 aromatic heterocycles. The van der Waals surface area contributed by atoms with Crippen molar-refractivity contribution in [2.45, 2.75) is 71.1 Å². The van der Waals surface area contributed by atoms with Crippen LogP contribution in [-0.4, -0.2) is 152 Å². The fourth-order valence-electron chi connectivity index (χ4n) is 7.72. The number of phosphoric ester groups is 3. The summed E-state index contributed by atoms with van der Waals surface area (Å²) >= 11 is 0. The fraction of sp³-hybridized carbons (Fsp3) is 0.604. The monoisotopic (exact) mass is 1270 g/mol. The second-order valence-electron chi connectivity index (χ2n) is 18.2. The van der Waals surface area contributed by atoms with Gasteiger partial charge in [-0.3, -0.25) is 23.3 Å². The van der Waals surface area contributed by atoms with E-state index in [1.165, 1.54) is 61.5 Å². The lowest BCUT2D eigenvalue weighted by molar-refractivity contribution is -0.268. The third-order valence-corrected chi connectivity index (χ3v) is 17.4. The highest BCUT2D eigenvalue weighted by molar-refractivity contribution is 8.76. The van der Waals surface area contributed by atoms with Crippen molar-refractivity contribution in [1.82, 2.24) is 5.32 Å². The second-order valence-corrected chi connectivity index (χ2v) is 25.2. The summed E-state index contributed by atoms with van der Waals surface area (Å²) in [5.74, 6) is -0.808. The molecule has 1 amide bonds. The molecule has 2 aromatic rings. The largest absolute Gasteiger partial charge is 0.872 e. The van der Waals surface area contributed by atoms with Gasteiger partial charge in [-0.1, -0.05) is 65.5 Å². The minimum absolute atomic E-state index is 0.0265. The maximum absolute atomic E-state index is 13.3. The number of benzene rings is 3. The summed E-state index contributed by atoms with van der Waals surface area (Å²) in [5, 5.41) is 34.4. The van der Waals surface area contributed by atoms with Gasteiger partial charge in [0.2, 0.25) is 0 Å². The third kappa shape index (κ3) is 30.2. The molecule has 0 bridgehead atoms. The van der Waals surface area contributed by atoms with Gasteiger partial charge in [-0.05, 0) is 81.3 Å². The number of ether oxygens (including phenoxy) is 5. The van der Waals surface area contributed by atoms with Crippen LogP contribution >= 0.6 is 45.1 Å². The number of carbonyl (C=O) groups excluding carboxylic acids is 1. The lowest BCUT2D eigenvalue weighted by atomic mass is 9.90. The molecule has 4 unspecified atom stereocenters. The van der Waals surface area contributed by atoms with Gasteiger partial charge < -0.3 is 90.6 Å². The Balaban J connectivity index is 1.02. The van der Waals surface area contributed by atoms with E-state index in [1.54, 1.807) is 0 Å². The van der Waals surface area contributed by atoms with Crippen LogP contribution in [0.5, 0.6) is 5.75 Å². The van der Waals surface area contributed by atoms with Crippen LogP contribution < -0.4 is 30.5 Å². The Morgan fingerprint density at radius 1 is 0.602 bits per heavy atom. The van der Waals surface area contributed by atoms with Crippen molar-refractivity contribution >= 4 is 67.9 Å². The first-order valence-corrected chi connectivity index (χ1v) is 34.2. The lowest BCUT2D eigenvalue weighted by Gasteiger charge is -2.28. The summed E-state index contributed by atoms with van der Waals surface area (Å²) in [6, 6.07) is 12.2. The summed E-state index contributed by atoms with van der Waals surface area (Å²) in [5.41, 5.74) is 0.591. The predicted octanol–water partition coefficient (Wildman–Crippen LogP) is 6.57. The van der Waals surface area contributed by atoms with Gasteiger partial charge in [0.1, 0.15) is 11.3 Å². The number of carboxylic acid groups (broad SMARTS) is 1. The number of nitrogens with one attached hydrogen (secondary N) is 1.